The van der Waals surface area contributed by atoms with Gasteiger partial charge in [0, 0.05) is 22.0 Å². The maximum atomic E-state index is 12.5. The van der Waals surface area contributed by atoms with Gasteiger partial charge >= 0.3 is 0 Å². The van der Waals surface area contributed by atoms with Crippen LogP contribution in [0.5, 0.6) is 0 Å². The molecule has 0 radical (unpaired) electrons. The Morgan fingerprint density at radius 3 is 2.16 bits per heavy atom. The number of amides is 2. The van der Waals surface area contributed by atoms with Crippen molar-refractivity contribution >= 4 is 46.4 Å². The monoisotopic (exact) mass is 464 g/mol. The van der Waals surface area contributed by atoms with Crippen LogP contribution in [0.4, 0.5) is 11.4 Å². The molecule has 4 aromatic rings. The number of benzene rings is 3. The molecule has 0 unspecified atom stereocenters. The van der Waals surface area contributed by atoms with Gasteiger partial charge in [-0.2, -0.15) is 0 Å². The van der Waals surface area contributed by atoms with Crippen LogP contribution in [-0.4, -0.2) is 11.8 Å². The van der Waals surface area contributed by atoms with E-state index in [1.165, 1.54) is 0 Å². The van der Waals surface area contributed by atoms with E-state index >= 15 is 0 Å². The standard InChI is InChI=1S/C25H18Cl2N2O3/c26-17-6-11-20(21(27)15-17)22-12-13-23(32-22)25(31)29-19-9-7-18(8-10-19)28-24(30)14-16-4-2-1-3-5-16/h1-13,15H,14H2,(H,28,30)(H,29,31). The maximum absolute atomic E-state index is 12.5. The summed E-state index contributed by atoms with van der Waals surface area (Å²) in [5.74, 6) is 0.0960. The fraction of sp³-hybridized carbons (Fsp3) is 0.0400. The van der Waals surface area contributed by atoms with Crippen LogP contribution in [0, 0.1) is 0 Å². The zero-order valence-corrected chi connectivity index (χ0v) is 18.3. The van der Waals surface area contributed by atoms with Gasteiger partial charge in [-0.15, -0.1) is 0 Å². The SMILES string of the molecule is O=C(Cc1ccccc1)Nc1ccc(NC(=O)c2ccc(-c3ccc(Cl)cc3Cl)o2)cc1. The predicted octanol–water partition coefficient (Wildman–Crippen LogP) is 6.69. The number of furan rings is 1. The predicted molar refractivity (Wildman–Crippen MR) is 127 cm³/mol. The first-order valence-corrected chi connectivity index (χ1v) is 10.5. The number of anilines is 2. The highest BCUT2D eigenvalue weighted by molar-refractivity contribution is 6.36. The Labute approximate surface area is 195 Å². The van der Waals surface area contributed by atoms with Gasteiger partial charge in [0.1, 0.15) is 5.76 Å². The van der Waals surface area contributed by atoms with Crippen LogP contribution >= 0.6 is 23.2 Å². The summed E-state index contributed by atoms with van der Waals surface area (Å²) in [6.07, 6.45) is 0.289. The molecule has 2 N–H and O–H groups in total. The van der Waals surface area contributed by atoms with Crippen molar-refractivity contribution in [1.29, 1.82) is 0 Å². The zero-order chi connectivity index (χ0) is 22.5. The van der Waals surface area contributed by atoms with E-state index in [0.29, 0.717) is 32.7 Å². The molecular weight excluding hydrogens is 447 g/mol. The Balaban J connectivity index is 1.37. The number of rotatable bonds is 6. The van der Waals surface area contributed by atoms with Crippen molar-refractivity contribution in [2.45, 2.75) is 6.42 Å². The summed E-state index contributed by atoms with van der Waals surface area (Å²) in [5, 5.41) is 6.56. The fourth-order valence-electron chi connectivity index (χ4n) is 3.11. The second kappa shape index (κ2) is 9.73. The second-order valence-electron chi connectivity index (χ2n) is 7.03. The molecule has 0 saturated heterocycles. The summed E-state index contributed by atoms with van der Waals surface area (Å²) >= 11 is 12.1. The lowest BCUT2D eigenvalue weighted by molar-refractivity contribution is -0.115. The molecule has 0 aliphatic rings. The molecule has 4 rings (SSSR count). The van der Waals surface area contributed by atoms with Gasteiger partial charge in [-0.3, -0.25) is 9.59 Å². The fourth-order valence-corrected chi connectivity index (χ4v) is 3.61. The van der Waals surface area contributed by atoms with Crippen LogP contribution in [0.3, 0.4) is 0 Å². The molecule has 7 heteroatoms. The van der Waals surface area contributed by atoms with Crippen LogP contribution in [-0.2, 0) is 11.2 Å². The minimum Gasteiger partial charge on any atom is -0.451 e. The van der Waals surface area contributed by atoms with Crippen LogP contribution in [0.2, 0.25) is 10.0 Å². The summed E-state index contributed by atoms with van der Waals surface area (Å²) < 4.78 is 5.66. The molecule has 0 aliphatic heterocycles. The van der Waals surface area contributed by atoms with Gasteiger partial charge in [0.25, 0.3) is 5.91 Å². The molecule has 0 bridgehead atoms. The highest BCUT2D eigenvalue weighted by Gasteiger charge is 2.14. The van der Waals surface area contributed by atoms with Crippen LogP contribution in [0.1, 0.15) is 16.1 Å². The van der Waals surface area contributed by atoms with E-state index in [9.17, 15) is 9.59 Å². The van der Waals surface area contributed by atoms with Crippen molar-refractivity contribution < 1.29 is 14.0 Å². The number of carbonyl (C=O) groups excluding carboxylic acids is 2. The van der Waals surface area contributed by atoms with Crippen molar-refractivity contribution in [3.63, 3.8) is 0 Å². The summed E-state index contributed by atoms with van der Waals surface area (Å²) in [6.45, 7) is 0. The molecule has 1 aromatic heterocycles. The average molecular weight is 465 g/mol. The largest absolute Gasteiger partial charge is 0.451 e. The second-order valence-corrected chi connectivity index (χ2v) is 7.87. The molecule has 0 spiro atoms. The van der Waals surface area contributed by atoms with Crippen molar-refractivity contribution in [3.05, 3.63) is 106 Å². The Hall–Kier alpha value is -3.54. The lowest BCUT2D eigenvalue weighted by atomic mass is 10.1. The molecule has 0 fully saturated rings. The third-order valence-electron chi connectivity index (χ3n) is 4.66. The van der Waals surface area contributed by atoms with E-state index in [2.05, 4.69) is 10.6 Å². The van der Waals surface area contributed by atoms with Gasteiger partial charge in [0.15, 0.2) is 5.76 Å². The summed E-state index contributed by atoms with van der Waals surface area (Å²) in [6, 6.07) is 24.7. The van der Waals surface area contributed by atoms with Crippen LogP contribution in [0.15, 0.2) is 89.3 Å². The first kappa shape index (κ1) is 21.7. The molecule has 0 saturated carbocycles. The van der Waals surface area contributed by atoms with Gasteiger partial charge in [-0.25, -0.2) is 0 Å². The Bertz CT molecular complexity index is 1250. The van der Waals surface area contributed by atoms with Gasteiger partial charge in [0.2, 0.25) is 5.91 Å². The average Bonchev–Trinajstić information content (AvgIpc) is 3.26. The zero-order valence-electron chi connectivity index (χ0n) is 16.8. The normalized spacial score (nSPS) is 10.6. The van der Waals surface area contributed by atoms with Crippen molar-refractivity contribution in [2.24, 2.45) is 0 Å². The molecule has 0 aliphatic carbocycles. The van der Waals surface area contributed by atoms with Gasteiger partial charge in [0.05, 0.1) is 11.4 Å². The van der Waals surface area contributed by atoms with Crippen LogP contribution in [0.25, 0.3) is 11.3 Å². The Morgan fingerprint density at radius 2 is 1.47 bits per heavy atom. The van der Waals surface area contributed by atoms with E-state index in [1.807, 2.05) is 30.3 Å². The number of halogens is 2. The van der Waals surface area contributed by atoms with Crippen LogP contribution < -0.4 is 10.6 Å². The lowest BCUT2D eigenvalue weighted by Gasteiger charge is -2.07. The molecule has 3 aromatic carbocycles. The number of carbonyl (C=O) groups is 2. The third kappa shape index (κ3) is 5.38. The molecular formula is C25H18Cl2N2O3. The highest BCUT2D eigenvalue weighted by Crippen LogP contribution is 2.31. The van der Waals surface area contributed by atoms with Gasteiger partial charge in [-0.1, -0.05) is 53.5 Å². The maximum Gasteiger partial charge on any atom is 0.291 e. The smallest absolute Gasteiger partial charge is 0.291 e. The topological polar surface area (TPSA) is 71.3 Å². The summed E-state index contributed by atoms with van der Waals surface area (Å²) in [5.41, 5.74) is 2.79. The lowest BCUT2D eigenvalue weighted by Crippen LogP contribution is -2.14. The van der Waals surface area contributed by atoms with Crippen molar-refractivity contribution in [3.8, 4) is 11.3 Å². The molecule has 32 heavy (non-hydrogen) atoms. The Kier molecular flexibility index (Phi) is 6.59. The Morgan fingerprint density at radius 1 is 0.781 bits per heavy atom. The van der Waals surface area contributed by atoms with Gasteiger partial charge in [-0.05, 0) is 60.2 Å². The number of hydrogen-bond donors (Lipinski definition) is 2. The van der Waals surface area contributed by atoms with Crippen molar-refractivity contribution in [2.75, 3.05) is 10.6 Å². The summed E-state index contributed by atoms with van der Waals surface area (Å²) in [7, 11) is 0. The highest BCUT2D eigenvalue weighted by atomic mass is 35.5. The van der Waals surface area contributed by atoms with Crippen molar-refractivity contribution in [1.82, 2.24) is 0 Å². The summed E-state index contributed by atoms with van der Waals surface area (Å²) in [4.78, 5) is 24.7. The van der Waals surface area contributed by atoms with E-state index < -0.39 is 5.91 Å². The molecule has 2 amide bonds. The van der Waals surface area contributed by atoms with E-state index in [-0.39, 0.29) is 18.1 Å². The molecule has 160 valence electrons. The van der Waals surface area contributed by atoms with E-state index in [1.54, 1.807) is 54.6 Å². The van der Waals surface area contributed by atoms with E-state index in [4.69, 9.17) is 27.6 Å². The first-order chi connectivity index (χ1) is 15.5. The number of hydrogen-bond acceptors (Lipinski definition) is 3. The molecule has 1 heterocycles. The minimum atomic E-state index is -0.401. The molecule has 5 nitrogen and oxygen atoms in total. The minimum absolute atomic E-state index is 0.114. The van der Waals surface area contributed by atoms with Gasteiger partial charge < -0.3 is 15.1 Å². The molecule has 0 atom stereocenters. The quantitative estimate of drug-likeness (QED) is 0.333. The first-order valence-electron chi connectivity index (χ1n) is 9.78. The van der Waals surface area contributed by atoms with E-state index in [0.717, 1.165) is 5.56 Å². The third-order valence-corrected chi connectivity index (χ3v) is 5.21. The number of nitrogens with one attached hydrogen (secondary N) is 2.